The van der Waals surface area contributed by atoms with Crippen LogP contribution in [0.1, 0.15) is 28.5 Å². The summed E-state index contributed by atoms with van der Waals surface area (Å²) in [5.41, 5.74) is 1.06. The minimum absolute atomic E-state index is 0.131. The van der Waals surface area contributed by atoms with Gasteiger partial charge in [-0.2, -0.15) is 0 Å². The Morgan fingerprint density at radius 3 is 1.80 bits per heavy atom. The molecule has 0 unspecified atom stereocenters. The fourth-order valence-corrected chi connectivity index (χ4v) is 8.32. The molecule has 2 heterocycles. The summed E-state index contributed by atoms with van der Waals surface area (Å²) in [7, 11) is -2.42. The number of hydrogen-bond donors (Lipinski definition) is 2. The van der Waals surface area contributed by atoms with Gasteiger partial charge in [0.15, 0.2) is 16.1 Å². The van der Waals surface area contributed by atoms with Gasteiger partial charge in [0.25, 0.3) is 5.56 Å². The number of H-pyrrole nitrogens is 1. The van der Waals surface area contributed by atoms with Gasteiger partial charge < -0.3 is 14.8 Å². The Balaban J connectivity index is 1.49. The monoisotopic (exact) mass is 637 g/mol. The molecule has 1 saturated heterocycles. The topological polar surface area (TPSA) is 119 Å². The van der Waals surface area contributed by atoms with Gasteiger partial charge in [-0.05, 0) is 42.8 Å². The van der Waals surface area contributed by atoms with Crippen LogP contribution in [0, 0.1) is 6.92 Å². The fraction of sp³-hybridized carbons (Fsp3) is 0.222. The largest absolute Gasteiger partial charge is 0.358 e. The first-order valence-corrected chi connectivity index (χ1v) is 16.6. The van der Waals surface area contributed by atoms with Crippen LogP contribution in [0.5, 0.6) is 0 Å². The average molecular weight is 638 g/mol. The van der Waals surface area contributed by atoms with E-state index >= 15 is 0 Å². The Labute approximate surface area is 267 Å². The Kier molecular flexibility index (Phi) is 8.88. The van der Waals surface area contributed by atoms with E-state index in [0.717, 1.165) is 22.3 Å². The van der Waals surface area contributed by atoms with Gasteiger partial charge in [-0.3, -0.25) is 14.3 Å². The molecule has 10 heteroatoms. The molecule has 5 aromatic rings. The lowest BCUT2D eigenvalue weighted by molar-refractivity contribution is -0.0787. The van der Waals surface area contributed by atoms with Crippen LogP contribution in [-0.2, 0) is 24.9 Å². The second kappa shape index (κ2) is 13.0. The number of nitrogens with zero attached hydrogens (tertiary/aromatic N) is 1. The Morgan fingerprint density at radius 1 is 0.804 bits per heavy atom. The Hall–Kier alpha value is -4.61. The van der Waals surface area contributed by atoms with Crippen LogP contribution in [0.2, 0.25) is 0 Å². The summed E-state index contributed by atoms with van der Waals surface area (Å²) in [5, 5.41) is 1.94. The molecule has 9 nitrogen and oxygen atoms in total. The van der Waals surface area contributed by atoms with Crippen molar-refractivity contribution < 1.29 is 17.9 Å². The summed E-state index contributed by atoms with van der Waals surface area (Å²) in [5.74, 6) is 0. The molecule has 0 aliphatic carbocycles. The molecule has 1 aliphatic rings. The normalized spacial score (nSPS) is 20.0. The number of aryl methyl sites for hydroxylation is 1. The van der Waals surface area contributed by atoms with E-state index < -0.39 is 50.3 Å². The second-order valence-electron chi connectivity index (χ2n) is 11.3. The molecule has 4 atom stereocenters. The van der Waals surface area contributed by atoms with Crippen LogP contribution in [-0.4, -0.2) is 49.0 Å². The fourth-order valence-electron chi connectivity index (χ4n) is 6.30. The molecule has 0 amide bonds. The molecule has 1 fully saturated rings. The molecular weight excluding hydrogens is 602 g/mol. The molecule has 6 rings (SSSR count). The molecule has 2 N–H and O–H groups in total. The van der Waals surface area contributed by atoms with E-state index in [4.69, 9.17) is 9.47 Å². The van der Waals surface area contributed by atoms with E-state index in [9.17, 15) is 18.0 Å². The minimum atomic E-state index is -4.04. The lowest BCUT2D eigenvalue weighted by Gasteiger charge is -2.37. The van der Waals surface area contributed by atoms with Crippen molar-refractivity contribution in [3.8, 4) is 0 Å². The highest BCUT2D eigenvalue weighted by Crippen LogP contribution is 2.43. The average Bonchev–Trinajstić information content (AvgIpc) is 3.46. The zero-order valence-corrected chi connectivity index (χ0v) is 26.3. The SMILES string of the molecule is CN[C@@H]1[C@H](S(=O)(=O)c2ccc(C)cc2)[C@@H](COC(c2ccccc2)(c2ccccc2)c2ccccc2)O[C@H]1n1ccc(=O)[nH]c1=O. The molecule has 46 heavy (non-hydrogen) atoms. The van der Waals surface area contributed by atoms with Crippen molar-refractivity contribution in [2.45, 2.75) is 41.0 Å². The summed E-state index contributed by atoms with van der Waals surface area (Å²) < 4.78 is 43.6. The third-order valence-corrected chi connectivity index (χ3v) is 10.8. The highest BCUT2D eigenvalue weighted by atomic mass is 32.2. The molecule has 0 radical (unpaired) electrons. The maximum Gasteiger partial charge on any atom is 0.330 e. The van der Waals surface area contributed by atoms with Gasteiger partial charge in [0, 0.05) is 12.3 Å². The minimum Gasteiger partial charge on any atom is -0.358 e. The first-order valence-electron chi connectivity index (χ1n) is 15.0. The van der Waals surface area contributed by atoms with Crippen LogP contribution >= 0.6 is 0 Å². The number of aromatic amines is 1. The Morgan fingerprint density at radius 2 is 1.33 bits per heavy atom. The first kappa shape index (κ1) is 31.4. The zero-order valence-electron chi connectivity index (χ0n) is 25.4. The molecule has 236 valence electrons. The summed E-state index contributed by atoms with van der Waals surface area (Å²) in [6, 6.07) is 36.3. The number of likely N-dealkylation sites (N-methyl/N-ethyl adjacent to an activating group) is 1. The number of rotatable bonds is 10. The zero-order chi connectivity index (χ0) is 32.3. The third kappa shape index (κ3) is 5.76. The molecule has 4 aromatic carbocycles. The number of sulfone groups is 1. The predicted molar refractivity (Wildman–Crippen MR) is 175 cm³/mol. The van der Waals surface area contributed by atoms with Gasteiger partial charge >= 0.3 is 5.69 Å². The van der Waals surface area contributed by atoms with Crippen molar-refractivity contribution in [1.82, 2.24) is 14.9 Å². The van der Waals surface area contributed by atoms with Gasteiger partial charge in [0.2, 0.25) is 0 Å². The second-order valence-corrected chi connectivity index (χ2v) is 13.4. The summed E-state index contributed by atoms with van der Waals surface area (Å²) in [6.07, 6.45) is -0.771. The smallest absolute Gasteiger partial charge is 0.330 e. The van der Waals surface area contributed by atoms with Crippen LogP contribution in [0.3, 0.4) is 0 Å². The van der Waals surface area contributed by atoms with E-state index in [1.165, 1.54) is 16.8 Å². The molecule has 1 aliphatic heterocycles. The van der Waals surface area contributed by atoms with E-state index in [2.05, 4.69) is 10.3 Å². The number of hydrogen-bond acceptors (Lipinski definition) is 7. The summed E-state index contributed by atoms with van der Waals surface area (Å²) >= 11 is 0. The quantitative estimate of drug-likeness (QED) is 0.221. The van der Waals surface area contributed by atoms with Gasteiger partial charge in [0.05, 0.1) is 17.5 Å². The van der Waals surface area contributed by atoms with Crippen molar-refractivity contribution in [3.05, 3.63) is 171 Å². The molecule has 0 spiro atoms. The van der Waals surface area contributed by atoms with Crippen molar-refractivity contribution in [1.29, 1.82) is 0 Å². The van der Waals surface area contributed by atoms with Crippen molar-refractivity contribution in [2.24, 2.45) is 0 Å². The van der Waals surface area contributed by atoms with Crippen LogP contribution in [0.4, 0.5) is 0 Å². The lowest BCUT2D eigenvalue weighted by atomic mass is 9.80. The van der Waals surface area contributed by atoms with E-state index in [0.29, 0.717) is 0 Å². The first-order chi connectivity index (χ1) is 22.3. The maximum absolute atomic E-state index is 14.5. The number of ether oxygens (including phenoxy) is 2. The lowest BCUT2D eigenvalue weighted by Crippen LogP contribution is -2.49. The van der Waals surface area contributed by atoms with Crippen molar-refractivity contribution in [3.63, 3.8) is 0 Å². The van der Waals surface area contributed by atoms with Gasteiger partial charge in [-0.1, -0.05) is 109 Å². The van der Waals surface area contributed by atoms with Crippen LogP contribution < -0.4 is 16.6 Å². The van der Waals surface area contributed by atoms with Gasteiger partial charge in [0.1, 0.15) is 17.0 Å². The van der Waals surface area contributed by atoms with E-state index in [-0.39, 0.29) is 11.5 Å². The standard InChI is InChI=1S/C36H35N3O6S/c1-25-18-20-29(21-19-25)46(42,43)33-30(45-34(32(33)37-2)39-23-22-31(40)38-35(39)41)24-44-36(26-12-6-3-7-13-26,27-14-8-4-9-15-27)28-16-10-5-11-17-28/h3-23,30,32-34,37H,24H2,1-2H3,(H,38,40,41)/t30-,32-,33-,34-/m1/s1. The number of aromatic nitrogens is 2. The maximum atomic E-state index is 14.5. The number of benzene rings is 4. The van der Waals surface area contributed by atoms with Crippen molar-refractivity contribution >= 4 is 9.84 Å². The van der Waals surface area contributed by atoms with Gasteiger partial charge in [-0.25, -0.2) is 13.2 Å². The van der Waals surface area contributed by atoms with Crippen LogP contribution in [0.25, 0.3) is 0 Å². The highest BCUT2D eigenvalue weighted by molar-refractivity contribution is 7.92. The molecule has 1 aromatic heterocycles. The third-order valence-electron chi connectivity index (χ3n) is 8.51. The van der Waals surface area contributed by atoms with Crippen LogP contribution in [0.15, 0.2) is 142 Å². The molecule has 0 bridgehead atoms. The summed E-state index contributed by atoms with van der Waals surface area (Å²) in [4.78, 5) is 27.2. The van der Waals surface area contributed by atoms with Gasteiger partial charge in [-0.15, -0.1) is 0 Å². The van der Waals surface area contributed by atoms with E-state index in [1.807, 2.05) is 97.9 Å². The molecule has 0 saturated carbocycles. The highest BCUT2D eigenvalue weighted by Gasteiger charge is 2.53. The predicted octanol–water partition coefficient (Wildman–Crippen LogP) is 4.18. The van der Waals surface area contributed by atoms with Crippen molar-refractivity contribution in [2.75, 3.05) is 13.7 Å². The molecular formula is C36H35N3O6S. The Bertz CT molecular complexity index is 1900. The summed E-state index contributed by atoms with van der Waals surface area (Å²) in [6.45, 7) is 1.73. The van der Waals surface area contributed by atoms with E-state index in [1.54, 1.807) is 31.3 Å². The number of nitrogens with one attached hydrogen (secondary N) is 2.